The molecule has 4 nitrogen and oxygen atoms in total. The molecule has 1 aliphatic heterocycles. The number of anilines is 1. The Labute approximate surface area is 123 Å². The fraction of sp³-hybridized carbons (Fsp3) is 0.500. The predicted molar refractivity (Wildman–Crippen MR) is 77.3 cm³/mol. The standard InChI is InChI=1S/C16H19FN2O2/c1-10-6-7-11(17)8-13(10)18-14-9-15(20)19(16(14)21)12-4-2-3-5-12/h6-8,12,14,18H,2-5,9H2,1H3. The Balaban J connectivity index is 1.76. The van der Waals surface area contributed by atoms with E-state index in [1.54, 1.807) is 6.07 Å². The van der Waals surface area contributed by atoms with Gasteiger partial charge in [-0.15, -0.1) is 0 Å². The van der Waals surface area contributed by atoms with Crippen LogP contribution in [-0.2, 0) is 9.59 Å². The zero-order valence-electron chi connectivity index (χ0n) is 12.1. The van der Waals surface area contributed by atoms with Crippen molar-refractivity contribution in [2.24, 2.45) is 0 Å². The molecule has 1 atom stereocenters. The highest BCUT2D eigenvalue weighted by Gasteiger charge is 2.43. The van der Waals surface area contributed by atoms with Gasteiger partial charge in [-0.05, 0) is 37.5 Å². The average molecular weight is 290 g/mol. The first-order valence-electron chi connectivity index (χ1n) is 7.45. The van der Waals surface area contributed by atoms with E-state index in [0.29, 0.717) is 5.69 Å². The third kappa shape index (κ3) is 2.64. The number of imide groups is 1. The van der Waals surface area contributed by atoms with Gasteiger partial charge in [0.1, 0.15) is 11.9 Å². The van der Waals surface area contributed by atoms with Gasteiger partial charge in [0, 0.05) is 11.7 Å². The van der Waals surface area contributed by atoms with E-state index in [2.05, 4.69) is 5.32 Å². The van der Waals surface area contributed by atoms with Crippen LogP contribution in [0.5, 0.6) is 0 Å². The van der Waals surface area contributed by atoms with Gasteiger partial charge in [-0.25, -0.2) is 4.39 Å². The second-order valence-electron chi connectivity index (χ2n) is 5.90. The summed E-state index contributed by atoms with van der Waals surface area (Å²) in [6, 6.07) is 3.90. The fourth-order valence-electron chi connectivity index (χ4n) is 3.25. The van der Waals surface area contributed by atoms with Crippen LogP contribution in [0.1, 0.15) is 37.7 Å². The Morgan fingerprint density at radius 2 is 1.95 bits per heavy atom. The number of carbonyl (C=O) groups excluding carboxylic acids is 2. The largest absolute Gasteiger partial charge is 0.373 e. The van der Waals surface area contributed by atoms with Crippen molar-refractivity contribution in [2.45, 2.75) is 51.1 Å². The molecule has 1 unspecified atom stereocenters. The molecule has 0 spiro atoms. The summed E-state index contributed by atoms with van der Waals surface area (Å²) in [7, 11) is 0. The number of nitrogens with one attached hydrogen (secondary N) is 1. The van der Waals surface area contributed by atoms with Gasteiger partial charge in [0.25, 0.3) is 5.91 Å². The van der Waals surface area contributed by atoms with Gasteiger partial charge >= 0.3 is 0 Å². The van der Waals surface area contributed by atoms with Crippen molar-refractivity contribution in [3.8, 4) is 0 Å². The third-order valence-corrected chi connectivity index (χ3v) is 4.40. The van der Waals surface area contributed by atoms with Crippen LogP contribution < -0.4 is 5.32 Å². The summed E-state index contributed by atoms with van der Waals surface area (Å²) in [5.41, 5.74) is 1.44. The van der Waals surface area contributed by atoms with Gasteiger partial charge in [-0.1, -0.05) is 18.9 Å². The van der Waals surface area contributed by atoms with Gasteiger partial charge < -0.3 is 5.32 Å². The lowest BCUT2D eigenvalue weighted by atomic mass is 10.1. The van der Waals surface area contributed by atoms with Crippen LogP contribution in [0.4, 0.5) is 10.1 Å². The van der Waals surface area contributed by atoms with Crippen molar-refractivity contribution in [1.82, 2.24) is 4.90 Å². The summed E-state index contributed by atoms with van der Waals surface area (Å²) in [6.45, 7) is 1.85. The maximum atomic E-state index is 13.3. The molecule has 3 rings (SSSR count). The number of hydrogen-bond acceptors (Lipinski definition) is 3. The van der Waals surface area contributed by atoms with E-state index in [0.717, 1.165) is 31.2 Å². The second-order valence-corrected chi connectivity index (χ2v) is 5.90. The summed E-state index contributed by atoms with van der Waals surface area (Å²) < 4.78 is 13.3. The van der Waals surface area contributed by atoms with Crippen molar-refractivity contribution in [1.29, 1.82) is 0 Å². The van der Waals surface area contributed by atoms with E-state index in [1.807, 2.05) is 6.92 Å². The Morgan fingerprint density at radius 1 is 1.24 bits per heavy atom. The van der Waals surface area contributed by atoms with Gasteiger partial charge in [-0.3, -0.25) is 14.5 Å². The molecule has 1 heterocycles. The number of aryl methyl sites for hydroxylation is 1. The molecule has 2 fully saturated rings. The van der Waals surface area contributed by atoms with Crippen LogP contribution in [0.15, 0.2) is 18.2 Å². The van der Waals surface area contributed by atoms with Crippen molar-refractivity contribution in [3.63, 3.8) is 0 Å². The van der Waals surface area contributed by atoms with Crippen LogP contribution in [0, 0.1) is 12.7 Å². The minimum Gasteiger partial charge on any atom is -0.373 e. The highest BCUT2D eigenvalue weighted by molar-refractivity contribution is 6.07. The molecule has 21 heavy (non-hydrogen) atoms. The fourth-order valence-corrected chi connectivity index (χ4v) is 3.25. The number of benzene rings is 1. The monoisotopic (exact) mass is 290 g/mol. The molecule has 1 saturated carbocycles. The Kier molecular flexibility index (Phi) is 3.66. The van der Waals surface area contributed by atoms with Crippen LogP contribution in [0.2, 0.25) is 0 Å². The summed E-state index contributed by atoms with van der Waals surface area (Å²) in [4.78, 5) is 26.0. The zero-order chi connectivity index (χ0) is 15.0. The Hall–Kier alpha value is -1.91. The molecule has 0 aromatic heterocycles. The summed E-state index contributed by atoms with van der Waals surface area (Å²) in [5, 5.41) is 3.03. The summed E-state index contributed by atoms with van der Waals surface area (Å²) >= 11 is 0. The minimum absolute atomic E-state index is 0.0606. The van der Waals surface area contributed by atoms with Crippen LogP contribution >= 0.6 is 0 Å². The maximum absolute atomic E-state index is 13.3. The maximum Gasteiger partial charge on any atom is 0.252 e. The highest BCUT2D eigenvalue weighted by Crippen LogP contribution is 2.29. The molecule has 2 aliphatic rings. The molecule has 1 aromatic carbocycles. The highest BCUT2D eigenvalue weighted by atomic mass is 19.1. The van der Waals surface area contributed by atoms with Crippen molar-refractivity contribution >= 4 is 17.5 Å². The summed E-state index contributed by atoms with van der Waals surface area (Å²) in [6.07, 6.45) is 4.11. The normalized spacial score (nSPS) is 23.1. The van der Waals surface area contributed by atoms with E-state index >= 15 is 0 Å². The van der Waals surface area contributed by atoms with E-state index < -0.39 is 6.04 Å². The molecular formula is C16H19FN2O2. The van der Waals surface area contributed by atoms with Gasteiger partial charge in [0.05, 0.1) is 6.42 Å². The lowest BCUT2D eigenvalue weighted by Gasteiger charge is -2.22. The van der Waals surface area contributed by atoms with Gasteiger partial charge in [0.2, 0.25) is 5.91 Å². The number of carbonyl (C=O) groups is 2. The molecule has 1 aromatic rings. The van der Waals surface area contributed by atoms with E-state index in [1.165, 1.54) is 17.0 Å². The quantitative estimate of drug-likeness (QED) is 0.871. The van der Waals surface area contributed by atoms with Crippen molar-refractivity contribution < 1.29 is 14.0 Å². The molecule has 5 heteroatoms. The number of halogens is 1. The lowest BCUT2D eigenvalue weighted by Crippen LogP contribution is -2.41. The smallest absolute Gasteiger partial charge is 0.252 e. The zero-order valence-corrected chi connectivity index (χ0v) is 12.1. The lowest BCUT2D eigenvalue weighted by molar-refractivity contribution is -0.141. The van der Waals surface area contributed by atoms with Crippen LogP contribution in [-0.4, -0.2) is 28.8 Å². The molecule has 0 bridgehead atoms. The first-order chi connectivity index (χ1) is 10.1. The number of rotatable bonds is 3. The Bertz CT molecular complexity index is 582. The van der Waals surface area contributed by atoms with E-state index in [9.17, 15) is 14.0 Å². The first kappa shape index (κ1) is 14.0. The number of nitrogens with zero attached hydrogens (tertiary/aromatic N) is 1. The van der Waals surface area contributed by atoms with Gasteiger partial charge in [0.15, 0.2) is 0 Å². The molecule has 1 saturated heterocycles. The Morgan fingerprint density at radius 3 is 2.67 bits per heavy atom. The van der Waals surface area contributed by atoms with Crippen LogP contribution in [0.25, 0.3) is 0 Å². The van der Waals surface area contributed by atoms with E-state index in [4.69, 9.17) is 0 Å². The predicted octanol–water partition coefficient (Wildman–Crippen LogP) is 2.62. The van der Waals surface area contributed by atoms with Crippen molar-refractivity contribution in [3.05, 3.63) is 29.6 Å². The van der Waals surface area contributed by atoms with Crippen molar-refractivity contribution in [2.75, 3.05) is 5.32 Å². The molecule has 1 N–H and O–H groups in total. The number of likely N-dealkylation sites (tertiary alicyclic amines) is 1. The first-order valence-corrected chi connectivity index (χ1v) is 7.45. The molecule has 1 aliphatic carbocycles. The summed E-state index contributed by atoms with van der Waals surface area (Å²) in [5.74, 6) is -0.637. The van der Waals surface area contributed by atoms with Crippen LogP contribution in [0.3, 0.4) is 0 Å². The minimum atomic E-state index is -0.571. The van der Waals surface area contributed by atoms with Gasteiger partial charge in [-0.2, -0.15) is 0 Å². The molecule has 2 amide bonds. The number of hydrogen-bond donors (Lipinski definition) is 1. The second kappa shape index (κ2) is 5.47. The molecule has 0 radical (unpaired) electrons. The topological polar surface area (TPSA) is 49.4 Å². The third-order valence-electron chi connectivity index (χ3n) is 4.40. The molecular weight excluding hydrogens is 271 g/mol. The van der Waals surface area contributed by atoms with E-state index in [-0.39, 0.29) is 30.1 Å². The average Bonchev–Trinajstić information content (AvgIpc) is 3.03. The SMILES string of the molecule is Cc1ccc(F)cc1NC1CC(=O)N(C2CCCC2)C1=O. The molecule has 112 valence electrons. The number of amides is 2.